The number of benzene rings is 1. The second-order valence-electron chi connectivity index (χ2n) is 5.49. The molecule has 0 radical (unpaired) electrons. The zero-order valence-corrected chi connectivity index (χ0v) is 12.1. The van der Waals surface area contributed by atoms with Crippen molar-refractivity contribution < 1.29 is 0 Å². The van der Waals surface area contributed by atoms with E-state index in [4.69, 9.17) is 0 Å². The van der Waals surface area contributed by atoms with Gasteiger partial charge in [0.25, 0.3) is 0 Å². The van der Waals surface area contributed by atoms with E-state index in [2.05, 4.69) is 44.3 Å². The van der Waals surface area contributed by atoms with Gasteiger partial charge in [0.1, 0.15) is 0 Å². The molecule has 18 heavy (non-hydrogen) atoms. The van der Waals surface area contributed by atoms with Crippen molar-refractivity contribution in [3.05, 3.63) is 34.9 Å². The van der Waals surface area contributed by atoms with Crippen molar-refractivity contribution in [1.82, 2.24) is 5.32 Å². The highest BCUT2D eigenvalue weighted by atomic mass is 14.9. The maximum absolute atomic E-state index is 3.69. The Hall–Kier alpha value is -0.820. The van der Waals surface area contributed by atoms with Crippen LogP contribution >= 0.6 is 0 Å². The van der Waals surface area contributed by atoms with Crippen LogP contribution in [0.2, 0.25) is 0 Å². The molecule has 100 valence electrons. The summed E-state index contributed by atoms with van der Waals surface area (Å²) in [5, 5.41) is 3.69. The van der Waals surface area contributed by atoms with Crippen molar-refractivity contribution in [2.45, 2.75) is 58.9 Å². The average molecular weight is 245 g/mol. The number of aryl methyl sites for hydroxylation is 2. The standard InChI is InChI=1S/C17H27N/c1-4-13(5-2)17(18-6-3)16-11-10-14-8-7-9-15(14)12-16/h10-13,17-18H,4-9H2,1-3H3. The van der Waals surface area contributed by atoms with Crippen LogP contribution in [-0.4, -0.2) is 6.54 Å². The fourth-order valence-electron chi connectivity index (χ4n) is 3.32. The van der Waals surface area contributed by atoms with E-state index in [-0.39, 0.29) is 0 Å². The van der Waals surface area contributed by atoms with Gasteiger partial charge >= 0.3 is 0 Å². The van der Waals surface area contributed by atoms with Crippen LogP contribution in [0, 0.1) is 5.92 Å². The minimum absolute atomic E-state index is 0.538. The van der Waals surface area contributed by atoms with Gasteiger partial charge in [0.2, 0.25) is 0 Å². The van der Waals surface area contributed by atoms with Crippen LogP contribution in [0.1, 0.15) is 62.8 Å². The Bertz CT molecular complexity index is 379. The van der Waals surface area contributed by atoms with Gasteiger partial charge in [-0.05, 0) is 48.4 Å². The minimum atomic E-state index is 0.538. The molecule has 0 bridgehead atoms. The molecule has 0 aromatic heterocycles. The van der Waals surface area contributed by atoms with Crippen LogP contribution in [-0.2, 0) is 12.8 Å². The van der Waals surface area contributed by atoms with Crippen LogP contribution in [0.5, 0.6) is 0 Å². The van der Waals surface area contributed by atoms with Crippen molar-refractivity contribution >= 4 is 0 Å². The quantitative estimate of drug-likeness (QED) is 0.789. The summed E-state index contributed by atoms with van der Waals surface area (Å²) in [7, 11) is 0. The minimum Gasteiger partial charge on any atom is -0.310 e. The summed E-state index contributed by atoms with van der Waals surface area (Å²) in [6.07, 6.45) is 6.42. The van der Waals surface area contributed by atoms with Gasteiger partial charge in [-0.1, -0.05) is 51.8 Å². The molecule has 1 nitrogen and oxygen atoms in total. The summed E-state index contributed by atoms with van der Waals surface area (Å²) in [6.45, 7) is 7.89. The molecular weight excluding hydrogens is 218 g/mol. The van der Waals surface area contributed by atoms with Crippen molar-refractivity contribution in [3.8, 4) is 0 Å². The van der Waals surface area contributed by atoms with E-state index < -0.39 is 0 Å². The Balaban J connectivity index is 2.24. The summed E-state index contributed by atoms with van der Waals surface area (Å²) in [5.74, 6) is 0.754. The van der Waals surface area contributed by atoms with Crippen molar-refractivity contribution in [2.75, 3.05) is 6.54 Å². The van der Waals surface area contributed by atoms with Gasteiger partial charge in [-0.15, -0.1) is 0 Å². The third-order valence-corrected chi connectivity index (χ3v) is 4.43. The molecule has 1 unspecified atom stereocenters. The first-order chi connectivity index (χ1) is 8.80. The predicted octanol–water partition coefficient (Wildman–Crippen LogP) is 4.26. The summed E-state index contributed by atoms with van der Waals surface area (Å²) in [4.78, 5) is 0. The molecule has 2 rings (SSSR count). The highest BCUT2D eigenvalue weighted by Gasteiger charge is 2.21. The van der Waals surface area contributed by atoms with Gasteiger partial charge in [0.15, 0.2) is 0 Å². The maximum atomic E-state index is 3.69. The molecule has 0 saturated heterocycles. The molecule has 0 aliphatic heterocycles. The molecule has 0 heterocycles. The third kappa shape index (κ3) is 2.77. The number of hydrogen-bond acceptors (Lipinski definition) is 1. The maximum Gasteiger partial charge on any atom is 0.0348 e. The van der Waals surface area contributed by atoms with E-state index >= 15 is 0 Å². The first-order valence-corrected chi connectivity index (χ1v) is 7.65. The number of fused-ring (bicyclic) bond motifs is 1. The van der Waals surface area contributed by atoms with Crippen molar-refractivity contribution in [2.24, 2.45) is 5.92 Å². The van der Waals surface area contributed by atoms with Crippen molar-refractivity contribution in [1.29, 1.82) is 0 Å². The van der Waals surface area contributed by atoms with Crippen LogP contribution in [0.25, 0.3) is 0 Å². The Morgan fingerprint density at radius 3 is 2.44 bits per heavy atom. The van der Waals surface area contributed by atoms with Gasteiger partial charge in [-0.3, -0.25) is 0 Å². The molecule has 1 aromatic carbocycles. The molecule has 1 aliphatic carbocycles. The second-order valence-corrected chi connectivity index (χ2v) is 5.49. The smallest absolute Gasteiger partial charge is 0.0348 e. The van der Waals surface area contributed by atoms with E-state index in [1.165, 1.54) is 37.7 Å². The van der Waals surface area contributed by atoms with E-state index in [0.29, 0.717) is 6.04 Å². The second kappa shape index (κ2) is 6.38. The van der Waals surface area contributed by atoms with Crippen LogP contribution in [0.15, 0.2) is 18.2 Å². The Morgan fingerprint density at radius 2 is 1.78 bits per heavy atom. The van der Waals surface area contributed by atoms with Gasteiger partial charge in [0, 0.05) is 6.04 Å². The van der Waals surface area contributed by atoms with E-state index in [9.17, 15) is 0 Å². The average Bonchev–Trinajstić information content (AvgIpc) is 2.86. The number of hydrogen-bond donors (Lipinski definition) is 1. The number of nitrogens with one attached hydrogen (secondary N) is 1. The summed E-state index contributed by atoms with van der Waals surface area (Å²) < 4.78 is 0. The summed E-state index contributed by atoms with van der Waals surface area (Å²) in [5.41, 5.74) is 4.69. The topological polar surface area (TPSA) is 12.0 Å². The molecule has 0 amide bonds. The lowest BCUT2D eigenvalue weighted by atomic mass is 9.87. The highest BCUT2D eigenvalue weighted by molar-refractivity contribution is 5.36. The Labute approximate surface area is 112 Å². The first kappa shape index (κ1) is 13.6. The summed E-state index contributed by atoms with van der Waals surface area (Å²) in [6, 6.07) is 7.73. The molecule has 1 heteroatoms. The molecule has 1 atom stereocenters. The van der Waals surface area contributed by atoms with Crippen LogP contribution in [0.3, 0.4) is 0 Å². The molecule has 1 aromatic rings. The molecular formula is C17H27N. The van der Waals surface area contributed by atoms with Crippen LogP contribution in [0.4, 0.5) is 0 Å². The molecule has 0 saturated carbocycles. The third-order valence-electron chi connectivity index (χ3n) is 4.43. The Morgan fingerprint density at radius 1 is 1.06 bits per heavy atom. The lowest BCUT2D eigenvalue weighted by molar-refractivity contribution is 0.346. The number of rotatable bonds is 6. The zero-order chi connectivity index (χ0) is 13.0. The van der Waals surface area contributed by atoms with Crippen LogP contribution < -0.4 is 5.32 Å². The fraction of sp³-hybridized carbons (Fsp3) is 0.647. The van der Waals surface area contributed by atoms with E-state index in [0.717, 1.165) is 12.5 Å². The van der Waals surface area contributed by atoms with Gasteiger partial charge in [-0.2, -0.15) is 0 Å². The zero-order valence-electron chi connectivity index (χ0n) is 12.1. The lowest BCUT2D eigenvalue weighted by Crippen LogP contribution is -2.27. The Kier molecular flexibility index (Phi) is 4.82. The molecule has 0 fully saturated rings. The first-order valence-electron chi connectivity index (χ1n) is 7.65. The van der Waals surface area contributed by atoms with Gasteiger partial charge in [0.05, 0.1) is 0 Å². The van der Waals surface area contributed by atoms with Gasteiger partial charge < -0.3 is 5.32 Å². The summed E-state index contributed by atoms with van der Waals surface area (Å²) >= 11 is 0. The monoisotopic (exact) mass is 245 g/mol. The normalized spacial score (nSPS) is 16.0. The molecule has 1 aliphatic rings. The SMILES string of the molecule is CCNC(c1ccc2c(c1)CCC2)C(CC)CC. The van der Waals surface area contributed by atoms with Crippen molar-refractivity contribution in [3.63, 3.8) is 0 Å². The largest absolute Gasteiger partial charge is 0.310 e. The fourth-order valence-corrected chi connectivity index (χ4v) is 3.32. The lowest BCUT2D eigenvalue weighted by Gasteiger charge is -2.27. The van der Waals surface area contributed by atoms with Gasteiger partial charge in [-0.25, -0.2) is 0 Å². The van der Waals surface area contributed by atoms with E-state index in [1.54, 1.807) is 11.1 Å². The molecule has 1 N–H and O–H groups in total. The highest BCUT2D eigenvalue weighted by Crippen LogP contribution is 2.31. The predicted molar refractivity (Wildman–Crippen MR) is 79.0 cm³/mol. The van der Waals surface area contributed by atoms with E-state index in [1.807, 2.05) is 0 Å². The molecule has 0 spiro atoms.